The van der Waals surface area contributed by atoms with Crippen LogP contribution in [-0.4, -0.2) is 12.2 Å². The van der Waals surface area contributed by atoms with E-state index in [-0.39, 0.29) is 11.9 Å². The Morgan fingerprint density at radius 3 is 2.50 bits per heavy atom. The third-order valence-corrected chi connectivity index (χ3v) is 3.16. The Balaban J connectivity index is 2.94. The number of amides is 1. The molecular weight excluding hydrogens is 294 g/mol. The minimum Gasteiger partial charge on any atom is -0.349 e. The second kappa shape index (κ2) is 5.65. The molecule has 0 aliphatic rings. The third kappa shape index (κ3) is 3.67. The van der Waals surface area contributed by atoms with Crippen LogP contribution in [0.2, 0.25) is 0 Å². The summed E-state index contributed by atoms with van der Waals surface area (Å²) in [6.45, 7) is 7.45. The van der Waals surface area contributed by atoms with Gasteiger partial charge in [0.2, 0.25) is 5.91 Å². The normalized spacial score (nSPS) is 12.9. The number of benzene rings is 1. The number of rotatable bonds is 3. The fraction of sp³-hybridized carbons (Fsp3) is 0.429. The van der Waals surface area contributed by atoms with Gasteiger partial charge >= 0.3 is 0 Å². The first-order valence-electron chi connectivity index (χ1n) is 5.81. The van der Waals surface area contributed by atoms with Gasteiger partial charge in [0, 0.05) is 15.5 Å². The molecule has 0 aliphatic carbocycles. The van der Waals surface area contributed by atoms with Crippen LogP contribution >= 0.6 is 15.9 Å². The summed E-state index contributed by atoms with van der Waals surface area (Å²) in [6, 6.07) is 5.27. The van der Waals surface area contributed by atoms with Gasteiger partial charge in [0.25, 0.3) is 0 Å². The van der Waals surface area contributed by atoms with Gasteiger partial charge in [0.1, 0.15) is 6.29 Å². The zero-order valence-corrected chi connectivity index (χ0v) is 12.7. The zero-order valence-electron chi connectivity index (χ0n) is 11.1. The smallest absolute Gasteiger partial charge is 0.225 e. The first-order chi connectivity index (χ1) is 8.25. The van der Waals surface area contributed by atoms with Crippen LogP contribution in [0, 0.1) is 5.41 Å². The van der Waals surface area contributed by atoms with Crippen LogP contribution in [0.5, 0.6) is 0 Å². The van der Waals surface area contributed by atoms with Gasteiger partial charge in [-0.3, -0.25) is 9.59 Å². The predicted molar refractivity (Wildman–Crippen MR) is 75.5 cm³/mol. The number of hydrogen-bond donors (Lipinski definition) is 1. The minimum atomic E-state index is -0.440. The molecule has 0 heterocycles. The number of aldehydes is 1. The lowest BCUT2D eigenvalue weighted by Crippen LogP contribution is -2.36. The fourth-order valence-electron chi connectivity index (χ4n) is 1.53. The van der Waals surface area contributed by atoms with E-state index in [1.165, 1.54) is 0 Å². The summed E-state index contributed by atoms with van der Waals surface area (Å²) < 4.78 is 0.850. The summed E-state index contributed by atoms with van der Waals surface area (Å²) in [7, 11) is 0. The monoisotopic (exact) mass is 311 g/mol. The molecule has 18 heavy (non-hydrogen) atoms. The molecule has 0 saturated heterocycles. The Morgan fingerprint density at radius 2 is 2.00 bits per heavy atom. The van der Waals surface area contributed by atoms with Crippen molar-refractivity contribution in [1.82, 2.24) is 5.32 Å². The molecule has 3 nitrogen and oxygen atoms in total. The highest BCUT2D eigenvalue weighted by atomic mass is 79.9. The van der Waals surface area contributed by atoms with Crippen molar-refractivity contribution >= 4 is 28.1 Å². The SMILES string of the molecule is C[C@@H](NC(=O)C(C)(C)C)c1ccc(Br)cc1C=O. The Labute approximate surface area is 116 Å². The van der Waals surface area contributed by atoms with E-state index in [1.54, 1.807) is 6.07 Å². The lowest BCUT2D eigenvalue weighted by atomic mass is 9.94. The largest absolute Gasteiger partial charge is 0.349 e. The van der Waals surface area contributed by atoms with Crippen molar-refractivity contribution in [2.75, 3.05) is 0 Å². The zero-order chi connectivity index (χ0) is 13.9. The standard InChI is InChI=1S/C14H18BrNO2/c1-9(16-13(18)14(2,3)4)12-6-5-11(15)7-10(12)8-17/h5-9H,1-4H3,(H,16,18)/t9-/m1/s1. The molecule has 0 radical (unpaired) electrons. The van der Waals surface area contributed by atoms with Gasteiger partial charge in [-0.05, 0) is 24.6 Å². The topological polar surface area (TPSA) is 46.2 Å². The van der Waals surface area contributed by atoms with Gasteiger partial charge in [-0.2, -0.15) is 0 Å². The van der Waals surface area contributed by atoms with Crippen molar-refractivity contribution < 1.29 is 9.59 Å². The summed E-state index contributed by atoms with van der Waals surface area (Å²) >= 11 is 3.32. The van der Waals surface area contributed by atoms with E-state index < -0.39 is 5.41 Å². The molecular formula is C14H18BrNO2. The van der Waals surface area contributed by atoms with Gasteiger partial charge in [-0.15, -0.1) is 0 Å². The summed E-state index contributed by atoms with van der Waals surface area (Å²) in [6.07, 6.45) is 0.805. The lowest BCUT2D eigenvalue weighted by Gasteiger charge is -2.23. The fourth-order valence-corrected chi connectivity index (χ4v) is 1.91. The molecule has 0 aromatic heterocycles. The molecule has 1 amide bonds. The summed E-state index contributed by atoms with van der Waals surface area (Å²) in [5.74, 6) is -0.0326. The summed E-state index contributed by atoms with van der Waals surface area (Å²) in [4.78, 5) is 22.9. The first kappa shape index (κ1) is 14.9. The van der Waals surface area contributed by atoms with Gasteiger partial charge in [0.05, 0.1) is 6.04 Å². The maximum absolute atomic E-state index is 11.9. The molecule has 98 valence electrons. The van der Waals surface area contributed by atoms with E-state index in [2.05, 4.69) is 21.2 Å². The van der Waals surface area contributed by atoms with E-state index in [0.29, 0.717) is 5.56 Å². The molecule has 0 fully saturated rings. The molecule has 0 saturated carbocycles. The van der Waals surface area contributed by atoms with Gasteiger partial charge in [-0.1, -0.05) is 42.8 Å². The molecule has 0 spiro atoms. The van der Waals surface area contributed by atoms with E-state index in [1.807, 2.05) is 39.8 Å². The number of carbonyl (C=O) groups excluding carboxylic acids is 2. The Hall–Kier alpha value is -1.16. The number of halogens is 1. The van der Waals surface area contributed by atoms with E-state index >= 15 is 0 Å². The lowest BCUT2D eigenvalue weighted by molar-refractivity contribution is -0.129. The van der Waals surface area contributed by atoms with Crippen LogP contribution in [0.1, 0.15) is 49.7 Å². The average Bonchev–Trinajstić information content (AvgIpc) is 2.27. The number of carbonyl (C=O) groups is 2. The molecule has 1 aromatic rings. The van der Waals surface area contributed by atoms with Crippen molar-refractivity contribution in [3.63, 3.8) is 0 Å². The quantitative estimate of drug-likeness (QED) is 0.869. The maximum Gasteiger partial charge on any atom is 0.225 e. The van der Waals surface area contributed by atoms with E-state index in [4.69, 9.17) is 0 Å². The first-order valence-corrected chi connectivity index (χ1v) is 6.60. The van der Waals surface area contributed by atoms with Crippen molar-refractivity contribution in [1.29, 1.82) is 0 Å². The van der Waals surface area contributed by atoms with Crippen LogP contribution in [0.3, 0.4) is 0 Å². The Kier molecular flexibility index (Phi) is 4.68. The third-order valence-electron chi connectivity index (χ3n) is 2.67. The number of hydrogen-bond acceptors (Lipinski definition) is 2. The molecule has 1 atom stereocenters. The van der Waals surface area contributed by atoms with Crippen LogP contribution in [-0.2, 0) is 4.79 Å². The Morgan fingerprint density at radius 1 is 1.39 bits per heavy atom. The highest BCUT2D eigenvalue weighted by Crippen LogP contribution is 2.22. The number of nitrogens with one attached hydrogen (secondary N) is 1. The van der Waals surface area contributed by atoms with E-state index in [0.717, 1.165) is 16.3 Å². The molecule has 1 N–H and O–H groups in total. The average molecular weight is 312 g/mol. The van der Waals surface area contributed by atoms with Crippen molar-refractivity contribution in [3.8, 4) is 0 Å². The van der Waals surface area contributed by atoms with Gasteiger partial charge < -0.3 is 5.32 Å². The second-order valence-electron chi connectivity index (χ2n) is 5.34. The molecule has 1 rings (SSSR count). The van der Waals surface area contributed by atoms with Crippen LogP contribution in [0.15, 0.2) is 22.7 Å². The van der Waals surface area contributed by atoms with Crippen molar-refractivity contribution in [2.24, 2.45) is 5.41 Å². The van der Waals surface area contributed by atoms with Gasteiger partial charge in [0.15, 0.2) is 0 Å². The second-order valence-corrected chi connectivity index (χ2v) is 6.25. The van der Waals surface area contributed by atoms with Crippen LogP contribution in [0.25, 0.3) is 0 Å². The molecule has 0 aliphatic heterocycles. The van der Waals surface area contributed by atoms with Crippen LogP contribution < -0.4 is 5.32 Å². The summed E-state index contributed by atoms with van der Waals surface area (Å²) in [5.41, 5.74) is 0.974. The molecule has 0 bridgehead atoms. The van der Waals surface area contributed by atoms with Crippen molar-refractivity contribution in [3.05, 3.63) is 33.8 Å². The minimum absolute atomic E-state index is 0.0326. The van der Waals surface area contributed by atoms with Gasteiger partial charge in [-0.25, -0.2) is 0 Å². The summed E-state index contributed by atoms with van der Waals surface area (Å²) in [5, 5.41) is 2.92. The Bertz CT molecular complexity index is 463. The van der Waals surface area contributed by atoms with Crippen LogP contribution in [0.4, 0.5) is 0 Å². The maximum atomic E-state index is 11.9. The highest BCUT2D eigenvalue weighted by molar-refractivity contribution is 9.10. The predicted octanol–water partition coefficient (Wildman–Crippen LogP) is 3.48. The van der Waals surface area contributed by atoms with Crippen molar-refractivity contribution in [2.45, 2.75) is 33.7 Å². The molecule has 1 aromatic carbocycles. The molecule has 0 unspecified atom stereocenters. The molecule has 4 heteroatoms. The highest BCUT2D eigenvalue weighted by Gasteiger charge is 2.23. The van der Waals surface area contributed by atoms with E-state index in [9.17, 15) is 9.59 Å².